The lowest BCUT2D eigenvalue weighted by Crippen LogP contribution is -2.68. The van der Waals surface area contributed by atoms with E-state index in [9.17, 15) is 9.59 Å². The molecule has 2 amide bonds. The standard InChI is InChI=1S/C13H17N3O2S/c1-9-11(17)16(7-10-6-14-8-19-10)13(12(18)15-9)4-2-3-5-13/h6,8-9H,2-5,7H2,1H3,(H,15,18). The van der Waals surface area contributed by atoms with Crippen molar-refractivity contribution in [2.24, 2.45) is 0 Å². The van der Waals surface area contributed by atoms with E-state index in [4.69, 9.17) is 0 Å². The van der Waals surface area contributed by atoms with Crippen molar-refractivity contribution in [3.8, 4) is 0 Å². The molecule has 1 aromatic rings. The number of hydrogen-bond donors (Lipinski definition) is 1. The first kappa shape index (κ1) is 12.6. The van der Waals surface area contributed by atoms with Crippen molar-refractivity contribution in [1.29, 1.82) is 0 Å². The van der Waals surface area contributed by atoms with Crippen LogP contribution in [0.1, 0.15) is 37.5 Å². The molecule has 0 aromatic carbocycles. The van der Waals surface area contributed by atoms with Gasteiger partial charge < -0.3 is 10.2 Å². The van der Waals surface area contributed by atoms with Crippen LogP contribution < -0.4 is 5.32 Å². The van der Waals surface area contributed by atoms with Gasteiger partial charge in [0.25, 0.3) is 0 Å². The van der Waals surface area contributed by atoms with Crippen molar-refractivity contribution in [3.63, 3.8) is 0 Å². The molecule has 2 fully saturated rings. The molecule has 0 bridgehead atoms. The fourth-order valence-electron chi connectivity index (χ4n) is 3.12. The average molecular weight is 279 g/mol. The minimum atomic E-state index is -0.617. The van der Waals surface area contributed by atoms with Crippen LogP contribution in [0.5, 0.6) is 0 Å². The van der Waals surface area contributed by atoms with Crippen molar-refractivity contribution < 1.29 is 9.59 Å². The second-order valence-corrected chi connectivity index (χ2v) is 6.30. The Hall–Kier alpha value is -1.43. The minimum Gasteiger partial charge on any atom is -0.343 e. The van der Waals surface area contributed by atoms with Crippen LogP contribution in [-0.2, 0) is 16.1 Å². The zero-order valence-electron chi connectivity index (χ0n) is 10.9. The molecule has 1 spiro atoms. The van der Waals surface area contributed by atoms with Gasteiger partial charge in [0.15, 0.2) is 0 Å². The molecule has 2 aliphatic rings. The van der Waals surface area contributed by atoms with Crippen molar-refractivity contribution in [2.75, 3.05) is 0 Å². The number of carbonyl (C=O) groups is 2. The van der Waals surface area contributed by atoms with Crippen LogP contribution in [0.3, 0.4) is 0 Å². The average Bonchev–Trinajstić information content (AvgIpc) is 3.05. The molecule has 1 N–H and O–H groups in total. The summed E-state index contributed by atoms with van der Waals surface area (Å²) in [4.78, 5) is 31.7. The van der Waals surface area contributed by atoms with E-state index in [1.807, 2.05) is 0 Å². The topological polar surface area (TPSA) is 62.3 Å². The Kier molecular flexibility index (Phi) is 3.05. The fourth-order valence-corrected chi connectivity index (χ4v) is 3.70. The molecule has 19 heavy (non-hydrogen) atoms. The molecule has 3 rings (SSSR count). The van der Waals surface area contributed by atoms with Crippen molar-refractivity contribution in [3.05, 3.63) is 16.6 Å². The fraction of sp³-hybridized carbons (Fsp3) is 0.615. The minimum absolute atomic E-state index is 0.0154. The first-order chi connectivity index (χ1) is 9.13. The Bertz CT molecular complexity index is 494. The van der Waals surface area contributed by atoms with Gasteiger partial charge in [-0.1, -0.05) is 12.8 Å². The van der Waals surface area contributed by atoms with Gasteiger partial charge in [-0.15, -0.1) is 11.3 Å². The van der Waals surface area contributed by atoms with Crippen molar-refractivity contribution in [1.82, 2.24) is 15.2 Å². The summed E-state index contributed by atoms with van der Waals surface area (Å²) in [5.41, 5.74) is 1.14. The maximum Gasteiger partial charge on any atom is 0.246 e. The van der Waals surface area contributed by atoms with E-state index in [1.165, 1.54) is 11.3 Å². The van der Waals surface area contributed by atoms with Crippen molar-refractivity contribution in [2.45, 2.75) is 50.7 Å². The third kappa shape index (κ3) is 1.94. The van der Waals surface area contributed by atoms with Crippen molar-refractivity contribution >= 4 is 23.2 Å². The number of aromatic nitrogens is 1. The number of nitrogens with one attached hydrogen (secondary N) is 1. The van der Waals surface area contributed by atoms with Gasteiger partial charge in [0.05, 0.1) is 12.1 Å². The van der Waals surface area contributed by atoms with Gasteiger partial charge in [-0.3, -0.25) is 14.6 Å². The Balaban J connectivity index is 1.94. The molecule has 1 aliphatic carbocycles. The second kappa shape index (κ2) is 4.59. The predicted octanol–water partition coefficient (Wildman–Crippen LogP) is 1.30. The summed E-state index contributed by atoms with van der Waals surface area (Å²) < 4.78 is 0. The number of carbonyl (C=O) groups excluding carboxylic acids is 2. The number of nitrogens with zero attached hydrogens (tertiary/aromatic N) is 2. The highest BCUT2D eigenvalue weighted by Crippen LogP contribution is 2.39. The van der Waals surface area contributed by atoms with Gasteiger partial charge in [0.2, 0.25) is 11.8 Å². The number of rotatable bonds is 2. The molecule has 1 atom stereocenters. The van der Waals surface area contributed by atoms with E-state index in [0.29, 0.717) is 6.54 Å². The quantitative estimate of drug-likeness (QED) is 0.887. The maximum absolute atomic E-state index is 12.5. The van der Waals surface area contributed by atoms with Crippen LogP contribution >= 0.6 is 11.3 Å². The normalized spacial score (nSPS) is 25.9. The van der Waals surface area contributed by atoms with Gasteiger partial charge in [-0.2, -0.15) is 0 Å². The first-order valence-electron chi connectivity index (χ1n) is 6.63. The molecular formula is C13H17N3O2S. The van der Waals surface area contributed by atoms with E-state index in [-0.39, 0.29) is 11.8 Å². The number of amides is 2. The van der Waals surface area contributed by atoms with Gasteiger partial charge >= 0.3 is 0 Å². The Labute approximate surface area is 116 Å². The summed E-state index contributed by atoms with van der Waals surface area (Å²) in [5, 5.41) is 2.83. The molecule has 1 aromatic heterocycles. The van der Waals surface area contributed by atoms with Gasteiger partial charge in [0, 0.05) is 11.1 Å². The summed E-state index contributed by atoms with van der Waals surface area (Å²) in [6, 6.07) is -0.424. The maximum atomic E-state index is 12.5. The lowest BCUT2D eigenvalue weighted by molar-refractivity contribution is -0.157. The summed E-state index contributed by atoms with van der Waals surface area (Å²) in [6.07, 6.45) is 5.34. The van der Waals surface area contributed by atoms with Gasteiger partial charge in [-0.25, -0.2) is 0 Å². The Morgan fingerprint density at radius 1 is 1.47 bits per heavy atom. The van der Waals surface area contributed by atoms with Crippen LogP contribution in [0.15, 0.2) is 11.7 Å². The zero-order valence-corrected chi connectivity index (χ0v) is 11.7. The van der Waals surface area contributed by atoms with E-state index >= 15 is 0 Å². The Morgan fingerprint density at radius 3 is 2.84 bits per heavy atom. The summed E-state index contributed by atoms with van der Waals surface area (Å²) in [6.45, 7) is 2.25. The van der Waals surface area contributed by atoms with Crippen LogP contribution in [0.2, 0.25) is 0 Å². The highest BCUT2D eigenvalue weighted by molar-refractivity contribution is 7.09. The molecule has 5 nitrogen and oxygen atoms in total. The first-order valence-corrected chi connectivity index (χ1v) is 7.51. The lowest BCUT2D eigenvalue weighted by atomic mass is 9.89. The molecule has 1 saturated carbocycles. The molecule has 2 heterocycles. The highest BCUT2D eigenvalue weighted by atomic mass is 32.1. The number of piperazine rings is 1. The van der Waals surface area contributed by atoms with E-state index in [2.05, 4.69) is 10.3 Å². The van der Waals surface area contributed by atoms with Crippen LogP contribution in [0.25, 0.3) is 0 Å². The largest absolute Gasteiger partial charge is 0.343 e. The SMILES string of the molecule is CC1NC(=O)C2(CCCC2)N(Cc2cncs2)C1=O. The monoisotopic (exact) mass is 279 g/mol. The molecule has 1 aliphatic heterocycles. The second-order valence-electron chi connectivity index (χ2n) is 5.33. The highest BCUT2D eigenvalue weighted by Gasteiger charge is 2.52. The molecule has 102 valence electrons. The smallest absolute Gasteiger partial charge is 0.246 e. The zero-order chi connectivity index (χ0) is 13.5. The third-order valence-electron chi connectivity index (χ3n) is 4.15. The van der Waals surface area contributed by atoms with Gasteiger partial charge in [0.1, 0.15) is 11.6 Å². The summed E-state index contributed by atoms with van der Waals surface area (Å²) in [5.74, 6) is 0.0384. The van der Waals surface area contributed by atoms with E-state index in [1.54, 1.807) is 23.5 Å². The molecule has 1 unspecified atom stereocenters. The number of thiazole rings is 1. The molecule has 6 heteroatoms. The molecular weight excluding hydrogens is 262 g/mol. The molecule has 0 radical (unpaired) electrons. The van der Waals surface area contributed by atoms with Gasteiger partial charge in [-0.05, 0) is 19.8 Å². The summed E-state index contributed by atoms with van der Waals surface area (Å²) >= 11 is 1.53. The number of hydrogen-bond acceptors (Lipinski definition) is 4. The van der Waals surface area contributed by atoms with Crippen LogP contribution in [0, 0.1) is 0 Å². The molecule has 1 saturated heterocycles. The van der Waals surface area contributed by atoms with Crippen LogP contribution in [0.4, 0.5) is 0 Å². The summed E-state index contributed by atoms with van der Waals surface area (Å²) in [7, 11) is 0. The predicted molar refractivity (Wildman–Crippen MR) is 71.5 cm³/mol. The third-order valence-corrected chi connectivity index (χ3v) is 4.92. The Morgan fingerprint density at radius 2 is 2.21 bits per heavy atom. The van der Waals surface area contributed by atoms with Crippen LogP contribution in [-0.4, -0.2) is 33.3 Å². The van der Waals surface area contributed by atoms with E-state index < -0.39 is 11.6 Å². The lowest BCUT2D eigenvalue weighted by Gasteiger charge is -2.45. The van der Waals surface area contributed by atoms with E-state index in [0.717, 1.165) is 30.6 Å².